The van der Waals surface area contributed by atoms with Crippen LogP contribution in [0.25, 0.3) is 43.1 Å². The lowest BCUT2D eigenvalue weighted by molar-refractivity contribution is -0.137. The number of fused-ring (bicyclic) bond motifs is 2. The molecule has 0 aliphatic carbocycles. The SMILES string of the molecule is CC(N1C(=O)c2ccc3c4ccc5c6c(ccc(c7ccc(c2c37)C1=O)c64)C(=O)N(c1cccc(C(F)(F)F)c1)C5=O)C(C)(C)OC(C)C(C)(S)C(C)C. The van der Waals surface area contributed by atoms with Gasteiger partial charge in [-0.3, -0.25) is 24.1 Å². The maximum atomic E-state index is 14.4. The fraction of sp³-hybridized carbons (Fsp3) is 0.302. The first-order valence-corrected chi connectivity index (χ1v) is 18.3. The van der Waals surface area contributed by atoms with E-state index in [0.29, 0.717) is 43.4 Å². The zero-order valence-electron chi connectivity index (χ0n) is 30.7. The molecule has 0 radical (unpaired) electrons. The van der Waals surface area contributed by atoms with Gasteiger partial charge in [-0.1, -0.05) is 44.2 Å². The van der Waals surface area contributed by atoms with E-state index in [1.807, 2.05) is 46.8 Å². The largest absolute Gasteiger partial charge is 0.416 e. The van der Waals surface area contributed by atoms with Crippen molar-refractivity contribution in [3.05, 3.63) is 101 Å². The Morgan fingerprint density at radius 2 is 1.04 bits per heavy atom. The Bertz CT molecular complexity index is 2530. The molecular formula is C43H37F3N2O5S. The number of hydrogen-bond donors (Lipinski definition) is 1. The second-order valence-corrected chi connectivity index (χ2v) is 16.5. The first kappa shape index (κ1) is 36.0. The third-order valence-corrected chi connectivity index (χ3v) is 12.8. The maximum Gasteiger partial charge on any atom is 0.416 e. The van der Waals surface area contributed by atoms with Gasteiger partial charge in [-0.2, -0.15) is 25.8 Å². The lowest BCUT2D eigenvalue weighted by Gasteiger charge is -2.45. The molecule has 0 saturated carbocycles. The minimum absolute atomic E-state index is 0.178. The number of ether oxygens (including phenoxy) is 1. The molecule has 4 amide bonds. The highest BCUT2D eigenvalue weighted by Crippen LogP contribution is 2.47. The molecule has 3 unspecified atom stereocenters. The minimum Gasteiger partial charge on any atom is -0.369 e. The number of anilines is 1. The molecule has 2 aliphatic heterocycles. The number of benzene rings is 6. The maximum absolute atomic E-state index is 14.4. The summed E-state index contributed by atoms with van der Waals surface area (Å²) in [5, 5.41) is 5.14. The van der Waals surface area contributed by atoms with E-state index in [2.05, 4.69) is 13.8 Å². The van der Waals surface area contributed by atoms with E-state index in [1.165, 1.54) is 17.0 Å². The van der Waals surface area contributed by atoms with Gasteiger partial charge in [-0.05, 0) is 115 Å². The summed E-state index contributed by atoms with van der Waals surface area (Å²) in [4.78, 5) is 58.8. The van der Waals surface area contributed by atoms with E-state index in [-0.39, 0.29) is 28.8 Å². The Hall–Kier alpha value is -5.00. The Labute approximate surface area is 314 Å². The van der Waals surface area contributed by atoms with Crippen LogP contribution in [-0.2, 0) is 10.9 Å². The van der Waals surface area contributed by atoms with E-state index in [9.17, 15) is 32.3 Å². The summed E-state index contributed by atoms with van der Waals surface area (Å²) in [6, 6.07) is 17.3. The molecule has 0 aromatic heterocycles. The van der Waals surface area contributed by atoms with Gasteiger partial charge in [-0.25, -0.2) is 4.90 Å². The first-order chi connectivity index (χ1) is 25.3. The molecule has 54 heavy (non-hydrogen) atoms. The van der Waals surface area contributed by atoms with E-state index in [4.69, 9.17) is 17.4 Å². The van der Waals surface area contributed by atoms with Crippen molar-refractivity contribution in [3.8, 4) is 0 Å². The normalized spacial score (nSPS) is 17.5. The van der Waals surface area contributed by atoms with Crippen molar-refractivity contribution < 1.29 is 37.1 Å². The van der Waals surface area contributed by atoms with Gasteiger partial charge in [0.15, 0.2) is 0 Å². The quantitative estimate of drug-likeness (QED) is 0.0760. The summed E-state index contributed by atoms with van der Waals surface area (Å²) in [6.07, 6.45) is -4.96. The lowest BCUT2D eigenvalue weighted by atomic mass is 9.81. The number of hydrogen-bond acceptors (Lipinski definition) is 6. The van der Waals surface area contributed by atoms with Crippen LogP contribution in [0.1, 0.15) is 95.5 Å². The molecule has 11 heteroatoms. The van der Waals surface area contributed by atoms with Crippen molar-refractivity contribution in [3.63, 3.8) is 0 Å². The Morgan fingerprint density at radius 3 is 1.44 bits per heavy atom. The smallest absolute Gasteiger partial charge is 0.369 e. The van der Waals surface area contributed by atoms with Crippen LogP contribution in [-0.4, -0.2) is 51.0 Å². The van der Waals surface area contributed by atoms with E-state index < -0.39 is 51.8 Å². The van der Waals surface area contributed by atoms with Crippen molar-refractivity contribution in [1.29, 1.82) is 0 Å². The standard InChI is InChI=1S/C43H37F3N2O5S/c1-20(2)42(7,54)22(4)53-41(5,6)21(3)47-37(49)29-15-11-25-27-13-17-31-36-32(40(52)48(39(31)51)24-10-8-9-23(19-24)43(44,45)46)18-14-28(34(27)36)26-12-16-30(38(47)50)35(29)33(25)26/h8-22,54H,1-7H3. The van der Waals surface area contributed by atoms with Crippen LogP contribution in [0.15, 0.2) is 72.8 Å². The van der Waals surface area contributed by atoms with Crippen molar-refractivity contribution >= 4 is 85.0 Å². The summed E-state index contributed by atoms with van der Waals surface area (Å²) in [5.41, 5.74) is -0.976. The number of nitrogens with zero attached hydrogens (tertiary/aromatic N) is 2. The topological polar surface area (TPSA) is 84.0 Å². The van der Waals surface area contributed by atoms with Gasteiger partial charge >= 0.3 is 6.18 Å². The van der Waals surface area contributed by atoms with Crippen LogP contribution in [0.2, 0.25) is 0 Å². The number of rotatable bonds is 7. The average Bonchev–Trinajstić information content (AvgIpc) is 3.11. The van der Waals surface area contributed by atoms with E-state index in [1.54, 1.807) is 36.4 Å². The van der Waals surface area contributed by atoms with Gasteiger partial charge in [0.05, 0.1) is 29.0 Å². The molecule has 2 aliphatic rings. The lowest BCUT2D eigenvalue weighted by Crippen LogP contribution is -2.57. The molecular weight excluding hydrogens is 714 g/mol. The molecule has 0 fully saturated rings. The molecule has 276 valence electrons. The van der Waals surface area contributed by atoms with Crippen LogP contribution in [0.5, 0.6) is 0 Å². The Morgan fingerprint density at radius 1 is 0.611 bits per heavy atom. The summed E-state index contributed by atoms with van der Waals surface area (Å²) in [6.45, 7) is 13.7. The zero-order valence-corrected chi connectivity index (χ0v) is 31.6. The number of thiol groups is 1. The van der Waals surface area contributed by atoms with Crippen molar-refractivity contribution in [2.75, 3.05) is 4.90 Å². The first-order valence-electron chi connectivity index (χ1n) is 17.8. The minimum atomic E-state index is -4.66. The predicted molar refractivity (Wildman–Crippen MR) is 207 cm³/mol. The Kier molecular flexibility index (Phi) is 7.83. The van der Waals surface area contributed by atoms with Crippen LogP contribution >= 0.6 is 12.6 Å². The van der Waals surface area contributed by atoms with Crippen molar-refractivity contribution in [2.24, 2.45) is 5.92 Å². The number of alkyl halides is 3. The fourth-order valence-electron chi connectivity index (χ4n) is 8.15. The summed E-state index contributed by atoms with van der Waals surface area (Å²) >= 11 is 4.88. The van der Waals surface area contributed by atoms with E-state index in [0.717, 1.165) is 27.8 Å². The molecule has 8 rings (SSSR count). The third-order valence-electron chi connectivity index (χ3n) is 12.0. The number of carbonyl (C=O) groups is 4. The average molecular weight is 751 g/mol. The number of carbonyl (C=O) groups excluding carboxylic acids is 4. The van der Waals surface area contributed by atoms with Crippen molar-refractivity contribution in [2.45, 2.75) is 77.1 Å². The second-order valence-electron chi connectivity index (χ2n) is 15.5. The summed E-state index contributed by atoms with van der Waals surface area (Å²) in [7, 11) is 0. The van der Waals surface area contributed by atoms with E-state index >= 15 is 0 Å². The van der Waals surface area contributed by atoms with Gasteiger partial charge in [0.1, 0.15) is 0 Å². The number of halogens is 3. The van der Waals surface area contributed by atoms with Crippen LogP contribution in [0.4, 0.5) is 18.9 Å². The molecule has 7 nitrogen and oxygen atoms in total. The van der Waals surface area contributed by atoms with Crippen LogP contribution in [0.3, 0.4) is 0 Å². The molecule has 0 N–H and O–H groups in total. The molecule has 3 atom stereocenters. The number of imide groups is 2. The molecule has 2 heterocycles. The van der Waals surface area contributed by atoms with Gasteiger partial charge in [-0.15, -0.1) is 0 Å². The third kappa shape index (κ3) is 4.93. The van der Waals surface area contributed by atoms with Gasteiger partial charge in [0, 0.05) is 37.8 Å². The second kappa shape index (κ2) is 11.7. The van der Waals surface area contributed by atoms with Crippen LogP contribution in [0, 0.1) is 5.92 Å². The highest BCUT2D eigenvalue weighted by molar-refractivity contribution is 7.81. The van der Waals surface area contributed by atoms with Gasteiger partial charge in [0.2, 0.25) is 0 Å². The Balaban J connectivity index is 1.26. The summed E-state index contributed by atoms with van der Waals surface area (Å²) < 4.78 is 46.8. The highest BCUT2D eigenvalue weighted by Gasteiger charge is 2.45. The monoisotopic (exact) mass is 750 g/mol. The van der Waals surface area contributed by atoms with Gasteiger partial charge in [0.25, 0.3) is 23.6 Å². The molecule has 6 aromatic rings. The van der Waals surface area contributed by atoms with Crippen LogP contribution < -0.4 is 4.90 Å². The fourth-order valence-corrected chi connectivity index (χ4v) is 8.20. The predicted octanol–water partition coefficient (Wildman–Crippen LogP) is 10.1. The summed E-state index contributed by atoms with van der Waals surface area (Å²) in [5.74, 6) is -2.15. The molecule has 0 spiro atoms. The molecule has 6 aromatic carbocycles. The highest BCUT2D eigenvalue weighted by atomic mass is 32.1. The molecule has 0 bridgehead atoms. The zero-order chi connectivity index (χ0) is 39.0. The van der Waals surface area contributed by atoms with Gasteiger partial charge < -0.3 is 4.74 Å². The molecule has 0 saturated heterocycles. The van der Waals surface area contributed by atoms with Crippen molar-refractivity contribution in [1.82, 2.24) is 4.90 Å². The number of amides is 4.